The fraction of sp³-hybridized carbons (Fsp3) is 0.250. The van der Waals surface area contributed by atoms with Gasteiger partial charge in [-0.2, -0.15) is 0 Å². The zero-order chi connectivity index (χ0) is 20.0. The Labute approximate surface area is 167 Å². The number of benzene rings is 2. The number of carbonyl (C=O) groups excluding carboxylic acids is 2. The van der Waals surface area contributed by atoms with Crippen LogP contribution in [0.25, 0.3) is 6.08 Å². The van der Waals surface area contributed by atoms with Crippen molar-refractivity contribution in [1.82, 2.24) is 10.6 Å². The first-order valence-corrected chi connectivity index (χ1v) is 9.78. The van der Waals surface area contributed by atoms with E-state index in [1.165, 1.54) is 0 Å². The number of allylic oxidation sites excluding steroid dienone is 2. The van der Waals surface area contributed by atoms with E-state index in [4.69, 9.17) is 0 Å². The van der Waals surface area contributed by atoms with Gasteiger partial charge in [-0.15, -0.1) is 0 Å². The molecule has 0 aliphatic heterocycles. The third kappa shape index (κ3) is 7.62. The third-order valence-electron chi connectivity index (χ3n) is 4.20. The fourth-order valence-corrected chi connectivity index (χ4v) is 2.63. The molecular weight excluding hydrogens is 348 g/mol. The number of hydrogen-bond donors (Lipinski definition) is 2. The molecule has 0 aliphatic carbocycles. The molecule has 0 unspecified atom stereocenters. The number of carbonyl (C=O) groups is 2. The summed E-state index contributed by atoms with van der Waals surface area (Å²) in [4.78, 5) is 25.0. The zero-order valence-electron chi connectivity index (χ0n) is 16.4. The maximum absolute atomic E-state index is 12.6. The Kier molecular flexibility index (Phi) is 9.28. The van der Waals surface area contributed by atoms with Crippen molar-refractivity contribution in [3.8, 4) is 0 Å². The Bertz CT molecular complexity index is 796. The second-order valence-electron chi connectivity index (χ2n) is 6.49. The fourth-order valence-electron chi connectivity index (χ4n) is 2.63. The van der Waals surface area contributed by atoms with Crippen LogP contribution in [0.1, 0.15) is 48.5 Å². The van der Waals surface area contributed by atoms with E-state index in [1.54, 1.807) is 36.4 Å². The van der Waals surface area contributed by atoms with Gasteiger partial charge in [0.05, 0.1) is 0 Å². The molecule has 2 aromatic rings. The minimum atomic E-state index is -0.305. The summed E-state index contributed by atoms with van der Waals surface area (Å²) in [6, 6.07) is 18.7. The van der Waals surface area contributed by atoms with Crippen LogP contribution < -0.4 is 10.6 Å². The minimum absolute atomic E-state index is 0.233. The first-order chi connectivity index (χ1) is 13.7. The highest BCUT2D eigenvalue weighted by Crippen LogP contribution is 2.04. The van der Waals surface area contributed by atoms with Gasteiger partial charge < -0.3 is 10.6 Å². The molecule has 28 heavy (non-hydrogen) atoms. The standard InChI is InChI=1S/C24H28N2O2/c1-2-3-4-11-19-25-24(28)22(18-12-15-20-13-7-5-8-14-20)26-23(27)21-16-9-6-10-17-21/h5-10,12-18H,2-4,11,19H2,1H3,(H,25,28)(H,26,27). The second-order valence-corrected chi connectivity index (χ2v) is 6.49. The minimum Gasteiger partial charge on any atom is -0.351 e. The van der Waals surface area contributed by atoms with E-state index in [1.807, 2.05) is 42.5 Å². The van der Waals surface area contributed by atoms with Crippen molar-refractivity contribution in [1.29, 1.82) is 0 Å². The molecule has 0 saturated heterocycles. The van der Waals surface area contributed by atoms with Crippen LogP contribution in [-0.2, 0) is 4.79 Å². The predicted molar refractivity (Wildman–Crippen MR) is 115 cm³/mol. The molecule has 0 atom stereocenters. The topological polar surface area (TPSA) is 58.2 Å². The number of nitrogens with one attached hydrogen (secondary N) is 2. The van der Waals surface area contributed by atoms with Crippen molar-refractivity contribution in [3.63, 3.8) is 0 Å². The lowest BCUT2D eigenvalue weighted by molar-refractivity contribution is -0.117. The van der Waals surface area contributed by atoms with Gasteiger partial charge in [0.2, 0.25) is 0 Å². The van der Waals surface area contributed by atoms with E-state index < -0.39 is 0 Å². The number of amides is 2. The molecule has 0 fully saturated rings. The largest absolute Gasteiger partial charge is 0.351 e. The Morgan fingerprint density at radius 3 is 2.25 bits per heavy atom. The van der Waals surface area contributed by atoms with Crippen LogP contribution in [0.5, 0.6) is 0 Å². The molecule has 146 valence electrons. The van der Waals surface area contributed by atoms with Gasteiger partial charge in [0, 0.05) is 12.1 Å². The van der Waals surface area contributed by atoms with Gasteiger partial charge in [-0.3, -0.25) is 9.59 Å². The lowest BCUT2D eigenvalue weighted by atomic mass is 10.2. The molecule has 0 spiro atoms. The molecule has 0 radical (unpaired) electrons. The highest BCUT2D eigenvalue weighted by molar-refractivity contribution is 6.03. The first kappa shape index (κ1) is 21.2. The normalized spacial score (nSPS) is 11.4. The highest BCUT2D eigenvalue weighted by atomic mass is 16.2. The summed E-state index contributed by atoms with van der Waals surface area (Å²) in [5.74, 6) is -0.584. The van der Waals surface area contributed by atoms with Crippen LogP contribution in [0.15, 0.2) is 78.5 Å². The summed E-state index contributed by atoms with van der Waals surface area (Å²) < 4.78 is 0. The number of hydrogen-bond acceptors (Lipinski definition) is 2. The SMILES string of the molecule is CCCCCCNC(=O)C(=CC=Cc1ccccc1)NC(=O)c1ccccc1. The summed E-state index contributed by atoms with van der Waals surface area (Å²) in [5.41, 5.74) is 1.76. The molecule has 0 heterocycles. The molecule has 0 aromatic heterocycles. The van der Waals surface area contributed by atoms with Crippen LogP contribution in [0, 0.1) is 0 Å². The highest BCUT2D eigenvalue weighted by Gasteiger charge is 2.13. The predicted octanol–water partition coefficient (Wildman–Crippen LogP) is 4.71. The Morgan fingerprint density at radius 2 is 1.57 bits per heavy atom. The van der Waals surface area contributed by atoms with Gasteiger partial charge in [-0.05, 0) is 30.2 Å². The van der Waals surface area contributed by atoms with E-state index >= 15 is 0 Å². The lowest BCUT2D eigenvalue weighted by Crippen LogP contribution is -2.35. The van der Waals surface area contributed by atoms with Gasteiger partial charge in [0.15, 0.2) is 0 Å². The molecule has 0 aliphatic rings. The summed E-state index contributed by atoms with van der Waals surface area (Å²) in [6.45, 7) is 2.75. The van der Waals surface area contributed by atoms with Crippen molar-refractivity contribution < 1.29 is 9.59 Å². The third-order valence-corrected chi connectivity index (χ3v) is 4.20. The van der Waals surface area contributed by atoms with Crippen LogP contribution in [-0.4, -0.2) is 18.4 Å². The molecule has 2 N–H and O–H groups in total. The van der Waals surface area contributed by atoms with Crippen molar-refractivity contribution in [3.05, 3.63) is 89.6 Å². The monoisotopic (exact) mass is 376 g/mol. The van der Waals surface area contributed by atoms with Gasteiger partial charge in [0.25, 0.3) is 11.8 Å². The summed E-state index contributed by atoms with van der Waals surface area (Å²) in [7, 11) is 0. The van der Waals surface area contributed by atoms with Gasteiger partial charge in [-0.1, -0.05) is 86.9 Å². The summed E-state index contributed by atoms with van der Waals surface area (Å²) >= 11 is 0. The van der Waals surface area contributed by atoms with Crippen molar-refractivity contribution >= 4 is 17.9 Å². The maximum Gasteiger partial charge on any atom is 0.267 e. The summed E-state index contributed by atoms with van der Waals surface area (Å²) in [6.07, 6.45) is 9.62. The molecule has 4 heteroatoms. The van der Waals surface area contributed by atoms with Gasteiger partial charge in [-0.25, -0.2) is 0 Å². The number of rotatable bonds is 10. The second kappa shape index (κ2) is 12.3. The Balaban J connectivity index is 2.05. The van der Waals surface area contributed by atoms with Crippen LogP contribution >= 0.6 is 0 Å². The molecule has 4 nitrogen and oxygen atoms in total. The number of unbranched alkanes of at least 4 members (excludes halogenated alkanes) is 3. The molecule has 0 bridgehead atoms. The maximum atomic E-state index is 12.6. The lowest BCUT2D eigenvalue weighted by Gasteiger charge is -2.10. The van der Waals surface area contributed by atoms with Gasteiger partial charge >= 0.3 is 0 Å². The van der Waals surface area contributed by atoms with Crippen molar-refractivity contribution in [2.45, 2.75) is 32.6 Å². The quantitative estimate of drug-likeness (QED) is 0.358. The van der Waals surface area contributed by atoms with E-state index in [0.29, 0.717) is 12.1 Å². The van der Waals surface area contributed by atoms with Crippen molar-refractivity contribution in [2.75, 3.05) is 6.54 Å². The Morgan fingerprint density at radius 1 is 0.893 bits per heavy atom. The first-order valence-electron chi connectivity index (χ1n) is 9.78. The van der Waals surface area contributed by atoms with Crippen LogP contribution in [0.4, 0.5) is 0 Å². The van der Waals surface area contributed by atoms with E-state index in [2.05, 4.69) is 17.6 Å². The smallest absolute Gasteiger partial charge is 0.267 e. The average molecular weight is 377 g/mol. The molecule has 2 rings (SSSR count). The Hall–Kier alpha value is -3.14. The van der Waals surface area contributed by atoms with E-state index in [9.17, 15) is 9.59 Å². The van der Waals surface area contributed by atoms with E-state index in [-0.39, 0.29) is 17.5 Å². The molecule has 0 saturated carbocycles. The van der Waals surface area contributed by atoms with Crippen LogP contribution in [0.3, 0.4) is 0 Å². The van der Waals surface area contributed by atoms with Gasteiger partial charge in [0.1, 0.15) is 5.70 Å². The zero-order valence-corrected chi connectivity index (χ0v) is 16.4. The molecular formula is C24H28N2O2. The van der Waals surface area contributed by atoms with Crippen molar-refractivity contribution in [2.24, 2.45) is 0 Å². The van der Waals surface area contributed by atoms with E-state index in [0.717, 1.165) is 31.2 Å². The summed E-state index contributed by atoms with van der Waals surface area (Å²) in [5, 5.41) is 5.62. The molecule has 2 aromatic carbocycles. The average Bonchev–Trinajstić information content (AvgIpc) is 2.74. The molecule has 2 amide bonds. The van der Waals surface area contributed by atoms with Crippen LogP contribution in [0.2, 0.25) is 0 Å².